The summed E-state index contributed by atoms with van der Waals surface area (Å²) < 4.78 is 2.04. The molecule has 17 heavy (non-hydrogen) atoms. The number of nitrogens with zero attached hydrogens (tertiary/aromatic N) is 4. The fraction of sp³-hybridized carbons (Fsp3) is 0.500. The van der Waals surface area contributed by atoms with Crippen LogP contribution in [0.1, 0.15) is 19.5 Å². The van der Waals surface area contributed by atoms with E-state index in [4.69, 9.17) is 5.26 Å². The molecule has 0 aromatic carbocycles. The van der Waals surface area contributed by atoms with Gasteiger partial charge in [-0.1, -0.05) is 6.92 Å². The predicted molar refractivity (Wildman–Crippen MR) is 68.8 cm³/mol. The highest BCUT2D eigenvalue weighted by atomic mass is 32.1. The summed E-state index contributed by atoms with van der Waals surface area (Å²) in [5.74, 6) is 0.0682. The van der Waals surface area contributed by atoms with Crippen molar-refractivity contribution in [3.63, 3.8) is 0 Å². The molecule has 0 N–H and O–H groups in total. The molecular formula is C12H16N4S. The number of aromatic nitrogens is 2. The molecule has 2 rings (SSSR count). The van der Waals surface area contributed by atoms with Crippen molar-refractivity contribution in [2.24, 2.45) is 5.92 Å². The Kier molecular flexibility index (Phi) is 3.77. The zero-order valence-electron chi connectivity index (χ0n) is 10.1. The first-order valence-corrected chi connectivity index (χ1v) is 6.64. The number of nitriles is 1. The van der Waals surface area contributed by atoms with Gasteiger partial charge in [0.05, 0.1) is 17.7 Å². The Balaban J connectivity index is 2.03. The molecule has 0 aliphatic heterocycles. The number of hydrogen-bond donors (Lipinski definition) is 0. The van der Waals surface area contributed by atoms with Crippen molar-refractivity contribution in [2.45, 2.75) is 20.4 Å². The summed E-state index contributed by atoms with van der Waals surface area (Å²) in [4.78, 5) is 7.83. The van der Waals surface area contributed by atoms with E-state index in [1.807, 2.05) is 22.9 Å². The summed E-state index contributed by atoms with van der Waals surface area (Å²) in [6.45, 7) is 6.63. The van der Waals surface area contributed by atoms with E-state index in [9.17, 15) is 0 Å². The lowest BCUT2D eigenvalue weighted by Gasteiger charge is -2.19. The fourth-order valence-corrected chi connectivity index (χ4v) is 2.53. The first-order valence-electron chi connectivity index (χ1n) is 5.76. The third-order valence-electron chi connectivity index (χ3n) is 2.73. The van der Waals surface area contributed by atoms with Crippen molar-refractivity contribution in [2.75, 3.05) is 13.1 Å². The van der Waals surface area contributed by atoms with Crippen molar-refractivity contribution in [1.82, 2.24) is 14.3 Å². The highest BCUT2D eigenvalue weighted by Crippen LogP contribution is 2.13. The number of rotatable bonds is 5. The average Bonchev–Trinajstić information content (AvgIpc) is 2.88. The monoisotopic (exact) mass is 248 g/mol. The van der Waals surface area contributed by atoms with Crippen LogP contribution in [0.25, 0.3) is 4.96 Å². The second kappa shape index (κ2) is 5.30. The van der Waals surface area contributed by atoms with Gasteiger partial charge < -0.3 is 0 Å². The second-order valence-corrected chi connectivity index (χ2v) is 5.06. The highest BCUT2D eigenvalue weighted by Gasteiger charge is 2.11. The van der Waals surface area contributed by atoms with Gasteiger partial charge in [0.15, 0.2) is 4.96 Å². The van der Waals surface area contributed by atoms with Crippen LogP contribution in [0.2, 0.25) is 0 Å². The first-order chi connectivity index (χ1) is 8.22. The van der Waals surface area contributed by atoms with Gasteiger partial charge in [0.2, 0.25) is 0 Å². The van der Waals surface area contributed by atoms with E-state index in [0.717, 1.165) is 30.3 Å². The minimum atomic E-state index is 0.0682. The summed E-state index contributed by atoms with van der Waals surface area (Å²) in [5, 5.41) is 10.9. The van der Waals surface area contributed by atoms with Gasteiger partial charge >= 0.3 is 0 Å². The maximum Gasteiger partial charge on any atom is 0.193 e. The van der Waals surface area contributed by atoms with Crippen LogP contribution in [-0.4, -0.2) is 27.4 Å². The van der Waals surface area contributed by atoms with Crippen LogP contribution in [0, 0.1) is 17.2 Å². The smallest absolute Gasteiger partial charge is 0.193 e. The van der Waals surface area contributed by atoms with E-state index < -0.39 is 0 Å². The van der Waals surface area contributed by atoms with E-state index in [0.29, 0.717) is 0 Å². The van der Waals surface area contributed by atoms with Crippen LogP contribution in [0.5, 0.6) is 0 Å². The molecule has 1 unspecified atom stereocenters. The van der Waals surface area contributed by atoms with Crippen LogP contribution in [-0.2, 0) is 6.54 Å². The summed E-state index contributed by atoms with van der Waals surface area (Å²) in [5.41, 5.74) is 1.07. The Morgan fingerprint density at radius 1 is 1.65 bits per heavy atom. The van der Waals surface area contributed by atoms with Gasteiger partial charge in [-0.05, 0) is 13.5 Å². The van der Waals surface area contributed by atoms with Crippen LogP contribution in [0.3, 0.4) is 0 Å². The molecule has 0 bridgehead atoms. The van der Waals surface area contributed by atoms with E-state index >= 15 is 0 Å². The average molecular weight is 248 g/mol. The molecular weight excluding hydrogens is 232 g/mol. The Labute approximate surface area is 105 Å². The quantitative estimate of drug-likeness (QED) is 0.816. The van der Waals surface area contributed by atoms with Gasteiger partial charge in [0, 0.05) is 30.9 Å². The zero-order valence-corrected chi connectivity index (χ0v) is 10.9. The summed E-state index contributed by atoms with van der Waals surface area (Å²) >= 11 is 1.64. The van der Waals surface area contributed by atoms with Gasteiger partial charge in [0.1, 0.15) is 0 Å². The maximum absolute atomic E-state index is 8.83. The van der Waals surface area contributed by atoms with Gasteiger partial charge in [-0.2, -0.15) is 5.26 Å². The molecule has 0 amide bonds. The molecule has 0 spiro atoms. The van der Waals surface area contributed by atoms with Crippen LogP contribution >= 0.6 is 11.3 Å². The number of thiazole rings is 1. The topological polar surface area (TPSA) is 44.3 Å². The molecule has 2 aromatic rings. The molecule has 0 aliphatic rings. The van der Waals surface area contributed by atoms with Gasteiger partial charge in [-0.3, -0.25) is 9.30 Å². The predicted octanol–water partition coefficient (Wildman–Crippen LogP) is 2.38. The number of imidazole rings is 1. The van der Waals surface area contributed by atoms with Crippen molar-refractivity contribution in [3.05, 3.63) is 23.5 Å². The van der Waals surface area contributed by atoms with Crippen LogP contribution in [0.4, 0.5) is 0 Å². The molecule has 2 aromatic heterocycles. The lowest BCUT2D eigenvalue weighted by atomic mass is 10.2. The molecule has 90 valence electrons. The molecule has 0 fully saturated rings. The maximum atomic E-state index is 8.83. The van der Waals surface area contributed by atoms with Gasteiger partial charge in [0.25, 0.3) is 0 Å². The van der Waals surface area contributed by atoms with Crippen molar-refractivity contribution in [3.8, 4) is 6.07 Å². The Morgan fingerprint density at radius 3 is 3.12 bits per heavy atom. The van der Waals surface area contributed by atoms with Crippen LogP contribution < -0.4 is 0 Å². The second-order valence-electron chi connectivity index (χ2n) is 4.18. The van der Waals surface area contributed by atoms with Crippen molar-refractivity contribution >= 4 is 16.3 Å². The van der Waals surface area contributed by atoms with Crippen molar-refractivity contribution < 1.29 is 0 Å². The summed E-state index contributed by atoms with van der Waals surface area (Å²) in [7, 11) is 0. The SMILES string of the molecule is CCN(Cc1cn2ccsc2n1)CC(C)C#N. The molecule has 4 nitrogen and oxygen atoms in total. The fourth-order valence-electron chi connectivity index (χ4n) is 1.81. The summed E-state index contributed by atoms with van der Waals surface area (Å²) in [6.07, 6.45) is 4.08. The Bertz CT molecular complexity index is 493. The molecule has 0 saturated heterocycles. The molecule has 0 radical (unpaired) electrons. The lowest BCUT2D eigenvalue weighted by Crippen LogP contribution is -2.27. The minimum absolute atomic E-state index is 0.0682. The third kappa shape index (κ3) is 2.84. The summed E-state index contributed by atoms with van der Waals surface area (Å²) in [6, 6.07) is 2.27. The number of hydrogen-bond acceptors (Lipinski definition) is 4. The molecule has 0 aliphatic carbocycles. The zero-order chi connectivity index (χ0) is 12.3. The normalized spacial score (nSPS) is 13.1. The van der Waals surface area contributed by atoms with E-state index in [2.05, 4.69) is 29.1 Å². The first kappa shape index (κ1) is 12.1. The van der Waals surface area contributed by atoms with E-state index in [1.54, 1.807) is 11.3 Å². The third-order valence-corrected chi connectivity index (χ3v) is 3.50. The Hall–Kier alpha value is -1.38. The molecule has 0 saturated carbocycles. The van der Waals surface area contributed by atoms with Crippen LogP contribution in [0.15, 0.2) is 17.8 Å². The van der Waals surface area contributed by atoms with E-state index in [-0.39, 0.29) is 5.92 Å². The Morgan fingerprint density at radius 2 is 2.47 bits per heavy atom. The largest absolute Gasteiger partial charge is 0.297 e. The lowest BCUT2D eigenvalue weighted by molar-refractivity contribution is 0.258. The van der Waals surface area contributed by atoms with Crippen molar-refractivity contribution in [1.29, 1.82) is 5.26 Å². The van der Waals surface area contributed by atoms with Gasteiger partial charge in [-0.25, -0.2) is 4.98 Å². The molecule has 2 heterocycles. The molecule has 1 atom stereocenters. The van der Waals surface area contributed by atoms with Gasteiger partial charge in [-0.15, -0.1) is 11.3 Å². The van der Waals surface area contributed by atoms with E-state index in [1.165, 1.54) is 0 Å². The number of fused-ring (bicyclic) bond motifs is 1. The minimum Gasteiger partial charge on any atom is -0.297 e. The highest BCUT2D eigenvalue weighted by molar-refractivity contribution is 7.15. The molecule has 5 heteroatoms. The standard InChI is InChI=1S/C12H16N4S/c1-3-15(7-10(2)6-13)8-11-9-16-4-5-17-12(16)14-11/h4-5,9-10H,3,7-8H2,1-2H3.